The summed E-state index contributed by atoms with van der Waals surface area (Å²) in [5, 5.41) is 14.6. The van der Waals surface area contributed by atoms with E-state index in [-0.39, 0.29) is 30.6 Å². The van der Waals surface area contributed by atoms with Gasteiger partial charge in [0.05, 0.1) is 0 Å². The van der Waals surface area contributed by atoms with E-state index in [2.05, 4.69) is 10.2 Å². The first-order valence-electron chi connectivity index (χ1n) is 7.59. The smallest absolute Gasteiger partial charge is 0.240 e. The molecular weight excluding hydrogens is 322 g/mol. The number of nitrogens with zero attached hydrogens (tertiary/aromatic N) is 1. The highest BCUT2D eigenvalue weighted by Gasteiger charge is 2.25. The number of aromatic hydroxyl groups is 1. The number of fused-ring (bicyclic) bond motifs is 1. The minimum absolute atomic E-state index is 0. The molecule has 1 aliphatic heterocycles. The van der Waals surface area contributed by atoms with Gasteiger partial charge in [0.15, 0.2) is 0 Å². The molecule has 126 valence electrons. The zero-order valence-electron chi connectivity index (χ0n) is 12.7. The summed E-state index contributed by atoms with van der Waals surface area (Å²) in [5.41, 5.74) is 0.917. The number of rotatable bonds is 4. The molecule has 0 radical (unpaired) electrons. The SMILES string of the molecule is Cl.Oc1ccc2cc([C@H](CC(F)F)N3CCNCC3)ccc2c1. The van der Waals surface area contributed by atoms with Gasteiger partial charge < -0.3 is 10.4 Å². The Bertz CT molecular complexity index is 648. The van der Waals surface area contributed by atoms with Gasteiger partial charge in [-0.15, -0.1) is 12.4 Å². The van der Waals surface area contributed by atoms with Crippen molar-refractivity contribution in [2.24, 2.45) is 0 Å². The minimum Gasteiger partial charge on any atom is -0.508 e. The fraction of sp³-hybridized carbons (Fsp3) is 0.412. The molecule has 0 aromatic heterocycles. The maximum atomic E-state index is 13.0. The van der Waals surface area contributed by atoms with Gasteiger partial charge in [-0.25, -0.2) is 8.78 Å². The summed E-state index contributed by atoms with van der Waals surface area (Å²) in [7, 11) is 0. The van der Waals surface area contributed by atoms with Crippen molar-refractivity contribution in [3.63, 3.8) is 0 Å². The molecule has 0 unspecified atom stereocenters. The van der Waals surface area contributed by atoms with E-state index in [9.17, 15) is 13.9 Å². The van der Waals surface area contributed by atoms with E-state index < -0.39 is 6.43 Å². The van der Waals surface area contributed by atoms with Crippen molar-refractivity contribution in [2.75, 3.05) is 26.2 Å². The molecule has 0 aliphatic carbocycles. The third-order valence-electron chi connectivity index (χ3n) is 4.23. The highest BCUT2D eigenvalue weighted by molar-refractivity contribution is 5.85. The fourth-order valence-electron chi connectivity index (χ4n) is 3.12. The van der Waals surface area contributed by atoms with Crippen molar-refractivity contribution >= 4 is 23.2 Å². The van der Waals surface area contributed by atoms with Crippen LogP contribution in [-0.2, 0) is 0 Å². The summed E-state index contributed by atoms with van der Waals surface area (Å²) in [4.78, 5) is 2.13. The molecule has 1 heterocycles. The maximum Gasteiger partial charge on any atom is 0.240 e. The highest BCUT2D eigenvalue weighted by atomic mass is 35.5. The summed E-state index contributed by atoms with van der Waals surface area (Å²) in [6.45, 7) is 3.23. The third-order valence-corrected chi connectivity index (χ3v) is 4.23. The molecule has 23 heavy (non-hydrogen) atoms. The Morgan fingerprint density at radius 2 is 1.70 bits per heavy atom. The normalized spacial score (nSPS) is 17.2. The molecule has 3 nitrogen and oxygen atoms in total. The highest BCUT2D eigenvalue weighted by Crippen LogP contribution is 2.30. The molecule has 1 aliphatic rings. The van der Waals surface area contributed by atoms with Crippen LogP contribution in [0.5, 0.6) is 5.75 Å². The molecule has 2 aromatic rings. The predicted molar refractivity (Wildman–Crippen MR) is 90.7 cm³/mol. The number of alkyl halides is 2. The lowest BCUT2D eigenvalue weighted by Crippen LogP contribution is -2.45. The second-order valence-electron chi connectivity index (χ2n) is 5.72. The van der Waals surface area contributed by atoms with Crippen LogP contribution in [0.3, 0.4) is 0 Å². The summed E-state index contributed by atoms with van der Waals surface area (Å²) in [6, 6.07) is 10.6. The van der Waals surface area contributed by atoms with Crippen LogP contribution in [0, 0.1) is 0 Å². The van der Waals surface area contributed by atoms with Crippen LogP contribution in [0.25, 0.3) is 10.8 Å². The number of phenolic OH excluding ortho intramolecular Hbond substituents is 1. The Hall–Kier alpha value is -1.43. The zero-order chi connectivity index (χ0) is 15.5. The van der Waals surface area contributed by atoms with Gasteiger partial charge in [0.1, 0.15) is 5.75 Å². The van der Waals surface area contributed by atoms with E-state index >= 15 is 0 Å². The molecule has 0 bridgehead atoms. The van der Waals surface area contributed by atoms with Crippen LogP contribution in [0.4, 0.5) is 8.78 Å². The van der Waals surface area contributed by atoms with E-state index in [0.717, 1.165) is 42.5 Å². The van der Waals surface area contributed by atoms with Crippen molar-refractivity contribution in [3.8, 4) is 5.75 Å². The number of benzene rings is 2. The quantitative estimate of drug-likeness (QED) is 0.891. The van der Waals surface area contributed by atoms with Gasteiger partial charge in [-0.3, -0.25) is 4.90 Å². The maximum absolute atomic E-state index is 13.0. The second kappa shape index (κ2) is 7.90. The van der Waals surface area contributed by atoms with Crippen molar-refractivity contribution in [1.82, 2.24) is 10.2 Å². The molecule has 0 spiro atoms. The van der Waals surface area contributed by atoms with Crippen molar-refractivity contribution in [3.05, 3.63) is 42.0 Å². The number of nitrogens with one attached hydrogen (secondary N) is 1. The Kier molecular flexibility index (Phi) is 6.16. The van der Waals surface area contributed by atoms with Crippen LogP contribution in [0.2, 0.25) is 0 Å². The number of halogens is 3. The average molecular weight is 343 g/mol. The first-order valence-corrected chi connectivity index (χ1v) is 7.59. The Morgan fingerprint density at radius 3 is 2.39 bits per heavy atom. The summed E-state index contributed by atoms with van der Waals surface area (Å²) in [5.74, 6) is 0.214. The molecule has 2 N–H and O–H groups in total. The summed E-state index contributed by atoms with van der Waals surface area (Å²) < 4.78 is 26.0. The van der Waals surface area contributed by atoms with Crippen LogP contribution in [0.15, 0.2) is 36.4 Å². The van der Waals surface area contributed by atoms with Crippen LogP contribution in [-0.4, -0.2) is 42.6 Å². The Balaban J connectivity index is 0.00000192. The second-order valence-corrected chi connectivity index (χ2v) is 5.72. The van der Waals surface area contributed by atoms with E-state index in [0.29, 0.717) is 0 Å². The van der Waals surface area contributed by atoms with Gasteiger partial charge in [0.2, 0.25) is 6.43 Å². The molecular formula is C17H21ClF2N2O. The third kappa shape index (κ3) is 4.31. The first-order chi connectivity index (χ1) is 10.6. The van der Waals surface area contributed by atoms with Crippen molar-refractivity contribution in [1.29, 1.82) is 0 Å². The summed E-state index contributed by atoms with van der Waals surface area (Å²) >= 11 is 0. The molecule has 0 amide bonds. The lowest BCUT2D eigenvalue weighted by atomic mass is 9.98. The number of hydrogen-bond donors (Lipinski definition) is 2. The number of hydrogen-bond acceptors (Lipinski definition) is 3. The van der Waals surface area contributed by atoms with Gasteiger partial charge in [-0.2, -0.15) is 0 Å². The van der Waals surface area contributed by atoms with E-state index in [1.807, 2.05) is 24.3 Å². The van der Waals surface area contributed by atoms with Crippen LogP contribution >= 0.6 is 12.4 Å². The van der Waals surface area contributed by atoms with Gasteiger partial charge in [-0.1, -0.05) is 18.2 Å². The van der Waals surface area contributed by atoms with E-state index in [1.165, 1.54) is 0 Å². The molecule has 6 heteroatoms. The monoisotopic (exact) mass is 342 g/mol. The van der Waals surface area contributed by atoms with Crippen LogP contribution < -0.4 is 5.32 Å². The average Bonchev–Trinajstić information content (AvgIpc) is 2.53. The number of piperazine rings is 1. The topological polar surface area (TPSA) is 35.5 Å². The molecule has 1 atom stereocenters. The molecule has 2 aromatic carbocycles. The van der Waals surface area contributed by atoms with E-state index in [4.69, 9.17) is 0 Å². The van der Waals surface area contributed by atoms with Crippen molar-refractivity contribution in [2.45, 2.75) is 18.9 Å². The lowest BCUT2D eigenvalue weighted by Gasteiger charge is -2.35. The predicted octanol–water partition coefficient (Wildman–Crippen LogP) is 3.57. The van der Waals surface area contributed by atoms with Crippen LogP contribution in [0.1, 0.15) is 18.0 Å². The molecule has 1 saturated heterocycles. The fourth-order valence-corrected chi connectivity index (χ4v) is 3.12. The zero-order valence-corrected chi connectivity index (χ0v) is 13.5. The van der Waals surface area contributed by atoms with Gasteiger partial charge in [0.25, 0.3) is 0 Å². The molecule has 3 rings (SSSR count). The largest absolute Gasteiger partial charge is 0.508 e. The standard InChI is InChI=1S/C17H20F2N2O.ClH/c18-17(19)11-16(21-7-5-20-6-8-21)14-2-1-13-10-15(22)4-3-12(13)9-14;/h1-4,9-10,16-17,20,22H,5-8,11H2;1H/t16-;/m0./s1. The van der Waals surface area contributed by atoms with Gasteiger partial charge >= 0.3 is 0 Å². The minimum atomic E-state index is -2.32. The van der Waals surface area contributed by atoms with Gasteiger partial charge in [-0.05, 0) is 34.5 Å². The first kappa shape index (κ1) is 17.9. The number of phenols is 1. The molecule has 1 fully saturated rings. The van der Waals surface area contributed by atoms with Gasteiger partial charge in [0, 0.05) is 38.6 Å². The lowest BCUT2D eigenvalue weighted by molar-refractivity contribution is 0.0740. The molecule has 0 saturated carbocycles. The van der Waals surface area contributed by atoms with E-state index in [1.54, 1.807) is 12.1 Å². The Labute approximate surface area is 140 Å². The van der Waals surface area contributed by atoms with Crippen molar-refractivity contribution < 1.29 is 13.9 Å². The Morgan fingerprint density at radius 1 is 1.04 bits per heavy atom. The summed E-state index contributed by atoms with van der Waals surface area (Å²) in [6.07, 6.45) is -2.47.